The van der Waals surface area contributed by atoms with Gasteiger partial charge in [-0.25, -0.2) is 0 Å². The van der Waals surface area contributed by atoms with Crippen LogP contribution in [0.3, 0.4) is 0 Å². The molecule has 0 radical (unpaired) electrons. The molecule has 1 aliphatic heterocycles. The van der Waals surface area contributed by atoms with Crippen molar-refractivity contribution in [3.63, 3.8) is 0 Å². The number of hydrogen-bond donors (Lipinski definition) is 0. The summed E-state index contributed by atoms with van der Waals surface area (Å²) in [5.74, 6) is 3.44. The Morgan fingerprint density at radius 3 is 1.93 bits per heavy atom. The Balaban J connectivity index is 1.15. The van der Waals surface area contributed by atoms with Gasteiger partial charge >= 0.3 is 0 Å². The third kappa shape index (κ3) is 3.09. The summed E-state index contributed by atoms with van der Waals surface area (Å²) in [6, 6.07) is 52.0. The van der Waals surface area contributed by atoms with E-state index in [0.29, 0.717) is 0 Å². The maximum atomic E-state index is 6.70. The molecular formula is C41H24O2S. The highest BCUT2D eigenvalue weighted by Crippen LogP contribution is 2.62. The summed E-state index contributed by atoms with van der Waals surface area (Å²) in [7, 11) is 0. The van der Waals surface area contributed by atoms with E-state index in [-0.39, 0.29) is 0 Å². The van der Waals surface area contributed by atoms with Crippen LogP contribution in [-0.4, -0.2) is 0 Å². The van der Waals surface area contributed by atoms with Gasteiger partial charge in [0.05, 0.1) is 5.41 Å². The molecule has 206 valence electrons. The van der Waals surface area contributed by atoms with E-state index in [1.54, 1.807) is 0 Å². The summed E-state index contributed by atoms with van der Waals surface area (Å²) in [5, 5.41) is 2.56. The third-order valence-corrected chi connectivity index (χ3v) is 10.6. The SMILES string of the molecule is c1ccc2c(c1)Oc1cc(-c3ccc(-c4cccc5c4sc4ccccc45)o3)ccc1C21c2ccccc2-c2ccccc21. The fraction of sp³-hybridized carbons (Fsp3) is 0.0244. The third-order valence-electron chi connectivity index (χ3n) is 9.41. The highest BCUT2D eigenvalue weighted by atomic mass is 32.1. The van der Waals surface area contributed by atoms with Gasteiger partial charge < -0.3 is 9.15 Å². The van der Waals surface area contributed by atoms with Crippen LogP contribution in [0.1, 0.15) is 22.3 Å². The van der Waals surface area contributed by atoms with Crippen molar-refractivity contribution in [2.45, 2.75) is 5.41 Å². The van der Waals surface area contributed by atoms with Crippen molar-refractivity contribution in [2.24, 2.45) is 0 Å². The van der Waals surface area contributed by atoms with Gasteiger partial charge in [0, 0.05) is 42.4 Å². The Labute approximate surface area is 258 Å². The van der Waals surface area contributed by atoms with Crippen molar-refractivity contribution in [1.82, 2.24) is 0 Å². The molecule has 2 aliphatic rings. The minimum atomic E-state index is -0.457. The molecule has 0 atom stereocenters. The normalized spacial score (nSPS) is 13.8. The van der Waals surface area contributed by atoms with Gasteiger partial charge in [-0.1, -0.05) is 109 Å². The van der Waals surface area contributed by atoms with E-state index in [2.05, 4.69) is 146 Å². The Hall–Kier alpha value is -5.38. The Kier molecular flexibility index (Phi) is 4.83. The molecule has 6 aromatic carbocycles. The minimum Gasteiger partial charge on any atom is -0.457 e. The van der Waals surface area contributed by atoms with Gasteiger partial charge in [-0.05, 0) is 58.7 Å². The van der Waals surface area contributed by atoms with E-state index >= 15 is 0 Å². The van der Waals surface area contributed by atoms with Crippen molar-refractivity contribution in [3.8, 4) is 45.3 Å². The van der Waals surface area contributed by atoms with Crippen molar-refractivity contribution >= 4 is 31.5 Å². The predicted molar refractivity (Wildman–Crippen MR) is 180 cm³/mol. The average Bonchev–Trinajstić information content (AvgIpc) is 3.79. The molecule has 0 fully saturated rings. The van der Waals surface area contributed by atoms with Crippen molar-refractivity contribution in [1.29, 1.82) is 0 Å². The van der Waals surface area contributed by atoms with Crippen LogP contribution in [-0.2, 0) is 5.41 Å². The number of fused-ring (bicyclic) bond motifs is 12. The topological polar surface area (TPSA) is 22.4 Å². The summed E-state index contributed by atoms with van der Waals surface area (Å²) >= 11 is 1.82. The van der Waals surface area contributed by atoms with Crippen LogP contribution in [0.15, 0.2) is 150 Å². The van der Waals surface area contributed by atoms with Gasteiger partial charge in [-0.2, -0.15) is 0 Å². The Morgan fingerprint density at radius 2 is 1.09 bits per heavy atom. The number of furan rings is 1. The molecule has 0 saturated heterocycles. The van der Waals surface area contributed by atoms with Crippen LogP contribution >= 0.6 is 11.3 Å². The molecule has 3 heteroatoms. The molecular weight excluding hydrogens is 557 g/mol. The first-order valence-corrected chi connectivity index (χ1v) is 15.7. The predicted octanol–water partition coefficient (Wildman–Crippen LogP) is 11.5. The van der Waals surface area contributed by atoms with Crippen molar-refractivity contribution in [2.75, 3.05) is 0 Å². The summed E-state index contributed by atoms with van der Waals surface area (Å²) < 4.78 is 15.8. The smallest absolute Gasteiger partial charge is 0.136 e. The zero-order valence-corrected chi connectivity index (χ0v) is 24.4. The minimum absolute atomic E-state index is 0.457. The van der Waals surface area contributed by atoms with Gasteiger partial charge in [-0.3, -0.25) is 0 Å². The van der Waals surface area contributed by atoms with E-state index in [9.17, 15) is 0 Å². The summed E-state index contributed by atoms with van der Waals surface area (Å²) in [5.41, 5.74) is 9.13. The molecule has 2 aromatic heterocycles. The van der Waals surface area contributed by atoms with Crippen molar-refractivity contribution < 1.29 is 9.15 Å². The first kappa shape index (κ1) is 24.1. The molecule has 0 bridgehead atoms. The lowest BCUT2D eigenvalue weighted by Crippen LogP contribution is -2.32. The molecule has 0 amide bonds. The lowest BCUT2D eigenvalue weighted by atomic mass is 9.66. The highest BCUT2D eigenvalue weighted by molar-refractivity contribution is 7.26. The molecule has 10 rings (SSSR count). The highest BCUT2D eigenvalue weighted by Gasteiger charge is 2.50. The van der Waals surface area contributed by atoms with Crippen LogP contribution in [0.4, 0.5) is 0 Å². The fourth-order valence-electron chi connectivity index (χ4n) is 7.59. The van der Waals surface area contributed by atoms with Crippen molar-refractivity contribution in [3.05, 3.63) is 168 Å². The molecule has 8 aromatic rings. The number of benzene rings is 6. The molecule has 0 saturated carbocycles. The number of hydrogen-bond acceptors (Lipinski definition) is 3. The quantitative estimate of drug-likeness (QED) is 0.203. The summed E-state index contributed by atoms with van der Waals surface area (Å²) in [6.07, 6.45) is 0. The zero-order chi connectivity index (χ0) is 28.8. The van der Waals surface area contributed by atoms with Crippen LogP contribution in [0, 0.1) is 0 Å². The fourth-order valence-corrected chi connectivity index (χ4v) is 8.81. The summed E-state index contributed by atoms with van der Waals surface area (Å²) in [4.78, 5) is 0. The van der Waals surface area contributed by atoms with Gasteiger partial charge in [0.15, 0.2) is 0 Å². The second-order valence-corrected chi connectivity index (χ2v) is 12.6. The number of thiophene rings is 1. The molecule has 44 heavy (non-hydrogen) atoms. The van der Waals surface area contributed by atoms with E-state index in [0.717, 1.165) is 39.7 Å². The van der Waals surface area contributed by atoms with Gasteiger partial charge in [0.2, 0.25) is 0 Å². The molecule has 0 N–H and O–H groups in total. The van der Waals surface area contributed by atoms with Gasteiger partial charge in [0.1, 0.15) is 23.0 Å². The molecule has 1 spiro atoms. The Bertz CT molecular complexity index is 2400. The van der Waals surface area contributed by atoms with E-state index < -0.39 is 5.41 Å². The number of ether oxygens (including phenoxy) is 1. The monoisotopic (exact) mass is 580 g/mol. The maximum absolute atomic E-state index is 6.70. The molecule has 1 aliphatic carbocycles. The lowest BCUT2D eigenvalue weighted by Gasteiger charge is -2.39. The van der Waals surface area contributed by atoms with Crippen LogP contribution in [0.5, 0.6) is 11.5 Å². The van der Waals surface area contributed by atoms with Gasteiger partial charge in [-0.15, -0.1) is 11.3 Å². The number of para-hydroxylation sites is 1. The maximum Gasteiger partial charge on any atom is 0.136 e. The zero-order valence-electron chi connectivity index (χ0n) is 23.6. The van der Waals surface area contributed by atoms with E-state index in [1.807, 2.05) is 11.3 Å². The van der Waals surface area contributed by atoms with Crippen LogP contribution in [0.25, 0.3) is 53.9 Å². The lowest BCUT2D eigenvalue weighted by molar-refractivity contribution is 0.436. The second kappa shape index (κ2) is 8.82. The molecule has 3 heterocycles. The Morgan fingerprint density at radius 1 is 0.455 bits per heavy atom. The molecule has 0 unspecified atom stereocenters. The summed E-state index contributed by atoms with van der Waals surface area (Å²) in [6.45, 7) is 0. The first-order chi connectivity index (χ1) is 21.8. The average molecular weight is 581 g/mol. The van der Waals surface area contributed by atoms with Gasteiger partial charge in [0.25, 0.3) is 0 Å². The molecule has 2 nitrogen and oxygen atoms in total. The van der Waals surface area contributed by atoms with Crippen LogP contribution in [0.2, 0.25) is 0 Å². The van der Waals surface area contributed by atoms with E-state index in [4.69, 9.17) is 9.15 Å². The second-order valence-electron chi connectivity index (χ2n) is 11.6. The largest absolute Gasteiger partial charge is 0.457 e. The first-order valence-electron chi connectivity index (χ1n) is 14.9. The van der Waals surface area contributed by atoms with Crippen LogP contribution < -0.4 is 4.74 Å². The number of rotatable bonds is 2. The van der Waals surface area contributed by atoms with E-state index in [1.165, 1.54) is 48.0 Å². The standard InChI is InChI=1S/C41H24O2S/c1-4-15-31-26(10-1)27-11-2-5-16-32(27)41(31)33-17-6-7-18-37(33)43-38-24-25(20-21-34(38)41)35-22-23-36(42-35)30-14-9-13-29-28-12-3-8-19-39(28)44-40(29)30/h1-24H.